The second-order valence-electron chi connectivity index (χ2n) is 8.11. The van der Waals surface area contributed by atoms with Crippen molar-refractivity contribution in [1.29, 1.82) is 0 Å². The number of aliphatic hydroxyl groups excluding tert-OH is 1. The molecule has 2 amide bonds. The molecule has 0 aliphatic carbocycles. The molecule has 2 aliphatic rings. The maximum absolute atomic E-state index is 13.7. The van der Waals surface area contributed by atoms with Crippen LogP contribution in [0.1, 0.15) is 30.2 Å². The predicted octanol–water partition coefficient (Wildman–Crippen LogP) is 3.16. The summed E-state index contributed by atoms with van der Waals surface area (Å²) in [7, 11) is 1.85. The van der Waals surface area contributed by atoms with Gasteiger partial charge < -0.3 is 9.67 Å². The van der Waals surface area contributed by atoms with Gasteiger partial charge in [0.05, 0.1) is 28.8 Å². The minimum atomic E-state index is -0.929. The fourth-order valence-electron chi connectivity index (χ4n) is 4.51. The number of aryl methyl sites for hydroxylation is 1. The third-order valence-electron chi connectivity index (χ3n) is 6.10. The van der Waals surface area contributed by atoms with E-state index in [1.54, 1.807) is 23.4 Å². The molecule has 0 spiro atoms. The molecule has 32 heavy (non-hydrogen) atoms. The molecule has 7 nitrogen and oxygen atoms in total. The third kappa shape index (κ3) is 3.40. The van der Waals surface area contributed by atoms with Gasteiger partial charge in [0.25, 0.3) is 0 Å². The Kier molecular flexibility index (Phi) is 5.08. The molecule has 2 aromatic carbocycles. The van der Waals surface area contributed by atoms with Crippen LogP contribution in [0.5, 0.6) is 0 Å². The molecule has 2 unspecified atom stereocenters. The van der Waals surface area contributed by atoms with E-state index in [2.05, 4.69) is 10.3 Å². The number of fused-ring (bicyclic) bond motifs is 1. The molecule has 0 radical (unpaired) electrons. The Balaban J connectivity index is 1.49. The number of nitrogens with one attached hydrogen (secondary N) is 1. The number of imide groups is 1. The first-order valence-electron chi connectivity index (χ1n) is 10.2. The van der Waals surface area contributed by atoms with Crippen LogP contribution in [0.4, 0.5) is 4.39 Å². The van der Waals surface area contributed by atoms with E-state index < -0.39 is 18.1 Å². The van der Waals surface area contributed by atoms with Crippen molar-refractivity contribution in [3.05, 3.63) is 64.7 Å². The number of halogens is 2. The fourth-order valence-corrected chi connectivity index (χ4v) is 4.69. The first-order chi connectivity index (χ1) is 15.3. The number of imidazole rings is 1. The molecule has 0 bridgehead atoms. The van der Waals surface area contributed by atoms with Crippen molar-refractivity contribution in [1.82, 2.24) is 19.8 Å². The van der Waals surface area contributed by atoms with Crippen molar-refractivity contribution in [2.45, 2.75) is 31.7 Å². The Morgan fingerprint density at radius 1 is 1.19 bits per heavy atom. The van der Waals surface area contributed by atoms with Crippen molar-refractivity contribution < 1.29 is 19.1 Å². The van der Waals surface area contributed by atoms with Gasteiger partial charge in [-0.25, -0.2) is 9.37 Å². The SMILES string of the molecule is Cn1cnc(-c2ccc3c(c2)CN(C2CCC(=O)NC2=O)C3O)c1-c1ccc(F)c(Cl)c1. The lowest BCUT2D eigenvalue weighted by Gasteiger charge is -2.31. The second-order valence-corrected chi connectivity index (χ2v) is 8.52. The van der Waals surface area contributed by atoms with Crippen molar-refractivity contribution in [2.75, 3.05) is 0 Å². The zero-order valence-electron chi connectivity index (χ0n) is 17.2. The summed E-state index contributed by atoms with van der Waals surface area (Å²) >= 11 is 5.99. The Bertz CT molecular complexity index is 1260. The highest BCUT2D eigenvalue weighted by Crippen LogP contribution is 2.39. The number of hydrogen-bond acceptors (Lipinski definition) is 5. The number of rotatable bonds is 3. The number of carbonyl (C=O) groups is 2. The monoisotopic (exact) mass is 454 g/mol. The number of hydrogen-bond donors (Lipinski definition) is 2. The molecule has 1 saturated heterocycles. The van der Waals surface area contributed by atoms with E-state index in [1.807, 2.05) is 29.8 Å². The van der Waals surface area contributed by atoms with E-state index in [4.69, 9.17) is 11.6 Å². The molecular weight excluding hydrogens is 435 g/mol. The highest BCUT2D eigenvalue weighted by molar-refractivity contribution is 6.31. The molecule has 2 aliphatic heterocycles. The number of piperidine rings is 1. The van der Waals surface area contributed by atoms with Crippen LogP contribution in [0.2, 0.25) is 5.02 Å². The van der Waals surface area contributed by atoms with Gasteiger partial charge in [0, 0.05) is 31.1 Å². The van der Waals surface area contributed by atoms with Crippen molar-refractivity contribution in [3.63, 3.8) is 0 Å². The van der Waals surface area contributed by atoms with Crippen molar-refractivity contribution in [3.8, 4) is 22.5 Å². The number of benzene rings is 2. The summed E-state index contributed by atoms with van der Waals surface area (Å²) < 4.78 is 15.5. The van der Waals surface area contributed by atoms with Gasteiger partial charge in [0.15, 0.2) is 0 Å². The Labute approximate surface area is 188 Å². The maximum Gasteiger partial charge on any atom is 0.244 e. The fraction of sp³-hybridized carbons (Fsp3) is 0.261. The van der Waals surface area contributed by atoms with Gasteiger partial charge in [-0.1, -0.05) is 23.7 Å². The smallest absolute Gasteiger partial charge is 0.244 e. The standard InChI is InChI=1S/C23H20ClFN4O3/c1-28-11-26-20(21(28)13-3-5-17(25)16(24)9-13)12-2-4-15-14(8-12)10-29(23(15)32)18-6-7-19(30)27-22(18)31/h2-5,8-9,11,18,23,32H,6-7,10H2,1H3,(H,27,30,31). The van der Waals surface area contributed by atoms with Crippen LogP contribution in [0.15, 0.2) is 42.7 Å². The van der Waals surface area contributed by atoms with Gasteiger partial charge in [-0.3, -0.25) is 19.8 Å². The van der Waals surface area contributed by atoms with E-state index in [0.717, 1.165) is 27.9 Å². The summed E-state index contributed by atoms with van der Waals surface area (Å²) in [5, 5.41) is 13.2. The number of amides is 2. The first kappa shape index (κ1) is 20.8. The molecule has 9 heteroatoms. The summed E-state index contributed by atoms with van der Waals surface area (Å²) in [5.74, 6) is -1.16. The van der Waals surface area contributed by atoms with Gasteiger partial charge in [0.1, 0.15) is 12.0 Å². The number of carbonyl (C=O) groups excluding carboxylic acids is 2. The summed E-state index contributed by atoms with van der Waals surface area (Å²) in [6.07, 6.45) is 1.37. The van der Waals surface area contributed by atoms with Crippen LogP contribution in [0.25, 0.3) is 22.5 Å². The van der Waals surface area contributed by atoms with E-state index in [0.29, 0.717) is 18.7 Å². The minimum absolute atomic E-state index is 0.0339. The maximum atomic E-state index is 13.7. The zero-order chi connectivity index (χ0) is 22.6. The van der Waals surface area contributed by atoms with Crippen LogP contribution < -0.4 is 5.32 Å². The second kappa shape index (κ2) is 7.81. The predicted molar refractivity (Wildman–Crippen MR) is 116 cm³/mol. The largest absolute Gasteiger partial charge is 0.374 e. The van der Waals surface area contributed by atoms with Crippen LogP contribution in [0, 0.1) is 5.82 Å². The summed E-state index contributed by atoms with van der Waals surface area (Å²) in [6.45, 7) is 0.376. The van der Waals surface area contributed by atoms with Gasteiger partial charge in [-0.2, -0.15) is 0 Å². The lowest BCUT2D eigenvalue weighted by atomic mass is 10.0. The van der Waals surface area contributed by atoms with Crippen LogP contribution in [-0.4, -0.2) is 37.4 Å². The highest BCUT2D eigenvalue weighted by atomic mass is 35.5. The van der Waals surface area contributed by atoms with Crippen LogP contribution in [-0.2, 0) is 23.2 Å². The van der Waals surface area contributed by atoms with Gasteiger partial charge >= 0.3 is 0 Å². The highest BCUT2D eigenvalue weighted by Gasteiger charge is 2.39. The van der Waals surface area contributed by atoms with E-state index in [1.165, 1.54) is 6.07 Å². The first-order valence-corrected chi connectivity index (χ1v) is 10.6. The molecule has 2 atom stereocenters. The molecule has 1 fully saturated rings. The Hall–Kier alpha value is -3.07. The van der Waals surface area contributed by atoms with Gasteiger partial charge in [0.2, 0.25) is 11.8 Å². The Morgan fingerprint density at radius 3 is 2.72 bits per heavy atom. The average Bonchev–Trinajstić information content (AvgIpc) is 3.30. The summed E-state index contributed by atoms with van der Waals surface area (Å²) in [6, 6.07) is 9.63. The van der Waals surface area contributed by atoms with Crippen molar-refractivity contribution in [2.24, 2.45) is 7.05 Å². The number of aromatic nitrogens is 2. The van der Waals surface area contributed by atoms with Gasteiger partial charge in [-0.05, 0) is 41.8 Å². The van der Waals surface area contributed by atoms with Crippen molar-refractivity contribution >= 4 is 23.4 Å². The third-order valence-corrected chi connectivity index (χ3v) is 6.39. The van der Waals surface area contributed by atoms with Crippen LogP contribution in [0.3, 0.4) is 0 Å². The van der Waals surface area contributed by atoms with Gasteiger partial charge in [-0.15, -0.1) is 0 Å². The van der Waals surface area contributed by atoms with E-state index in [-0.39, 0.29) is 23.3 Å². The molecule has 3 heterocycles. The molecule has 3 aromatic rings. The zero-order valence-corrected chi connectivity index (χ0v) is 17.9. The number of nitrogens with zero attached hydrogens (tertiary/aromatic N) is 3. The Morgan fingerprint density at radius 2 is 1.97 bits per heavy atom. The average molecular weight is 455 g/mol. The van der Waals surface area contributed by atoms with E-state index >= 15 is 0 Å². The van der Waals surface area contributed by atoms with E-state index in [9.17, 15) is 19.1 Å². The molecule has 1 aromatic heterocycles. The quantitative estimate of drug-likeness (QED) is 0.594. The topological polar surface area (TPSA) is 87.5 Å². The van der Waals surface area contributed by atoms with Crippen LogP contribution >= 0.6 is 11.6 Å². The molecular formula is C23H20ClFN4O3. The number of aliphatic hydroxyl groups is 1. The molecule has 2 N–H and O–H groups in total. The lowest BCUT2D eigenvalue weighted by Crippen LogP contribution is -2.51. The molecule has 5 rings (SSSR count). The molecule has 164 valence electrons. The molecule has 0 saturated carbocycles. The lowest BCUT2D eigenvalue weighted by molar-refractivity contribution is -0.141. The summed E-state index contributed by atoms with van der Waals surface area (Å²) in [4.78, 5) is 30.0. The minimum Gasteiger partial charge on any atom is -0.374 e. The normalized spacial score (nSPS) is 21.0. The summed E-state index contributed by atoms with van der Waals surface area (Å²) in [5.41, 5.74) is 4.66.